The van der Waals surface area contributed by atoms with Gasteiger partial charge in [-0.15, -0.1) is 12.4 Å². The number of likely N-dealkylation sites (tertiary alicyclic amines) is 1. The maximum atomic E-state index is 13.4. The molecule has 2 heterocycles. The van der Waals surface area contributed by atoms with Gasteiger partial charge >= 0.3 is 0 Å². The van der Waals surface area contributed by atoms with E-state index in [9.17, 15) is 4.79 Å². The molecular weight excluding hydrogens is 332 g/mol. The molecule has 0 bridgehead atoms. The molecule has 2 aliphatic heterocycles. The number of nitrogens with zero attached hydrogens (tertiary/aromatic N) is 1. The average molecular weight is 363 g/mol. The highest BCUT2D eigenvalue weighted by Gasteiger charge is 2.59. The predicted octanol–water partition coefficient (Wildman–Crippen LogP) is 4.25. The van der Waals surface area contributed by atoms with Crippen LogP contribution in [0, 0.1) is 18.3 Å². The van der Waals surface area contributed by atoms with Crippen molar-refractivity contribution in [2.24, 2.45) is 11.3 Å². The highest BCUT2D eigenvalue weighted by atomic mass is 35.5. The van der Waals surface area contributed by atoms with Crippen molar-refractivity contribution in [1.82, 2.24) is 10.2 Å². The minimum atomic E-state index is 0. The van der Waals surface area contributed by atoms with Crippen LogP contribution in [0.1, 0.15) is 62.1 Å². The molecule has 2 saturated heterocycles. The molecule has 1 amide bonds. The molecule has 1 spiro atoms. The Morgan fingerprint density at radius 3 is 2.76 bits per heavy atom. The molecule has 2 unspecified atom stereocenters. The number of halogens is 1. The summed E-state index contributed by atoms with van der Waals surface area (Å²) in [5.74, 6) is 0.746. The van der Waals surface area contributed by atoms with E-state index < -0.39 is 0 Å². The van der Waals surface area contributed by atoms with E-state index in [-0.39, 0.29) is 12.4 Å². The molecule has 3 aliphatic rings. The summed E-state index contributed by atoms with van der Waals surface area (Å²) < 4.78 is 0. The zero-order valence-corrected chi connectivity index (χ0v) is 16.1. The van der Waals surface area contributed by atoms with Crippen molar-refractivity contribution in [2.45, 2.75) is 57.9 Å². The lowest BCUT2D eigenvalue weighted by atomic mass is 9.91. The van der Waals surface area contributed by atoms with Crippen LogP contribution in [0.3, 0.4) is 0 Å². The van der Waals surface area contributed by atoms with E-state index in [2.05, 4.69) is 41.4 Å². The molecule has 3 fully saturated rings. The van der Waals surface area contributed by atoms with E-state index in [1.54, 1.807) is 0 Å². The first-order chi connectivity index (χ1) is 11.7. The zero-order valence-electron chi connectivity index (χ0n) is 15.3. The lowest BCUT2D eigenvalue weighted by molar-refractivity contribution is -0.136. The second-order valence-electron chi connectivity index (χ2n) is 8.18. The topological polar surface area (TPSA) is 32.3 Å². The number of hydrogen-bond acceptors (Lipinski definition) is 2. The van der Waals surface area contributed by atoms with Crippen LogP contribution in [-0.4, -0.2) is 30.4 Å². The van der Waals surface area contributed by atoms with E-state index in [0.717, 1.165) is 38.9 Å². The third-order valence-corrected chi connectivity index (χ3v) is 6.55. The van der Waals surface area contributed by atoms with E-state index in [1.807, 2.05) is 0 Å². The Kier molecular flexibility index (Phi) is 5.75. The first-order valence-corrected chi connectivity index (χ1v) is 9.77. The molecule has 1 aromatic rings. The van der Waals surface area contributed by atoms with E-state index in [0.29, 0.717) is 23.3 Å². The Labute approximate surface area is 158 Å². The van der Waals surface area contributed by atoms with Gasteiger partial charge in [0.25, 0.3) is 0 Å². The van der Waals surface area contributed by atoms with Gasteiger partial charge in [-0.05, 0) is 63.1 Å². The Bertz CT molecular complexity index is 612. The van der Waals surface area contributed by atoms with Gasteiger partial charge in [0.05, 0.1) is 6.04 Å². The van der Waals surface area contributed by atoms with Crippen LogP contribution < -0.4 is 5.32 Å². The predicted molar refractivity (Wildman–Crippen MR) is 104 cm³/mol. The highest BCUT2D eigenvalue weighted by Crippen LogP contribution is 2.59. The fraction of sp³-hybridized carbons (Fsp3) is 0.667. The standard InChI is InChI=1S/C21H30N2O.ClH/c1-16-6-5-7-17(14-16)19-8-3-2-4-13-23(19)20(24)18-15-21(18)9-11-22-12-10-21;/h5-7,14,18-19,22H,2-4,8-13,15H2,1H3;1H. The molecule has 1 aromatic carbocycles. The van der Waals surface area contributed by atoms with Gasteiger partial charge < -0.3 is 10.2 Å². The molecule has 25 heavy (non-hydrogen) atoms. The number of nitrogens with one attached hydrogen (secondary N) is 1. The SMILES string of the molecule is Cc1cccc(C2CCCCCN2C(=O)C2CC23CCNCC3)c1.Cl. The number of rotatable bonds is 2. The van der Waals surface area contributed by atoms with E-state index >= 15 is 0 Å². The zero-order chi connectivity index (χ0) is 16.6. The molecule has 2 atom stereocenters. The Hall–Kier alpha value is -1.06. The van der Waals surface area contributed by atoms with Gasteiger partial charge in [-0.1, -0.05) is 42.7 Å². The number of carbonyl (C=O) groups is 1. The first kappa shape index (κ1) is 18.7. The molecule has 1 N–H and O–H groups in total. The summed E-state index contributed by atoms with van der Waals surface area (Å²) in [5, 5.41) is 3.45. The number of benzene rings is 1. The Balaban J connectivity index is 0.00000182. The van der Waals surface area contributed by atoms with Gasteiger partial charge in [-0.2, -0.15) is 0 Å². The molecule has 4 heteroatoms. The summed E-state index contributed by atoms with van der Waals surface area (Å²) in [6.07, 6.45) is 8.28. The number of piperidine rings is 1. The van der Waals surface area contributed by atoms with Crippen molar-refractivity contribution in [2.75, 3.05) is 19.6 Å². The highest BCUT2D eigenvalue weighted by molar-refractivity contribution is 5.85. The van der Waals surface area contributed by atoms with Crippen molar-refractivity contribution in [1.29, 1.82) is 0 Å². The summed E-state index contributed by atoms with van der Waals surface area (Å²) in [4.78, 5) is 15.6. The van der Waals surface area contributed by atoms with Gasteiger partial charge in [0, 0.05) is 12.5 Å². The van der Waals surface area contributed by atoms with Gasteiger partial charge in [-0.25, -0.2) is 0 Å². The smallest absolute Gasteiger partial charge is 0.226 e. The fourth-order valence-electron chi connectivity index (χ4n) is 4.97. The lowest BCUT2D eigenvalue weighted by Crippen LogP contribution is -2.38. The van der Waals surface area contributed by atoms with Crippen molar-refractivity contribution in [3.05, 3.63) is 35.4 Å². The number of aryl methyl sites for hydroxylation is 1. The van der Waals surface area contributed by atoms with Crippen molar-refractivity contribution in [3.8, 4) is 0 Å². The lowest BCUT2D eigenvalue weighted by Gasteiger charge is -2.32. The molecule has 0 aromatic heterocycles. The quantitative estimate of drug-likeness (QED) is 0.852. The molecule has 0 radical (unpaired) electrons. The van der Waals surface area contributed by atoms with Crippen LogP contribution in [0.15, 0.2) is 24.3 Å². The van der Waals surface area contributed by atoms with E-state index in [4.69, 9.17) is 0 Å². The van der Waals surface area contributed by atoms with Gasteiger partial charge in [-0.3, -0.25) is 4.79 Å². The average Bonchev–Trinajstić information content (AvgIpc) is 3.33. The van der Waals surface area contributed by atoms with Gasteiger partial charge in [0.15, 0.2) is 0 Å². The van der Waals surface area contributed by atoms with Crippen LogP contribution in [0.4, 0.5) is 0 Å². The van der Waals surface area contributed by atoms with E-state index in [1.165, 1.54) is 36.8 Å². The number of hydrogen-bond donors (Lipinski definition) is 1. The summed E-state index contributed by atoms with van der Waals surface area (Å²) in [5.41, 5.74) is 2.97. The normalized spacial score (nSPS) is 28.1. The summed E-state index contributed by atoms with van der Waals surface area (Å²) in [6.45, 7) is 5.27. The van der Waals surface area contributed by atoms with Gasteiger partial charge in [0.2, 0.25) is 5.91 Å². The molecule has 3 nitrogen and oxygen atoms in total. The van der Waals surface area contributed by atoms with Crippen LogP contribution in [0.25, 0.3) is 0 Å². The number of carbonyl (C=O) groups excluding carboxylic acids is 1. The molecule has 1 saturated carbocycles. The van der Waals surface area contributed by atoms with Crippen molar-refractivity contribution < 1.29 is 4.79 Å². The monoisotopic (exact) mass is 362 g/mol. The molecule has 138 valence electrons. The van der Waals surface area contributed by atoms with Crippen LogP contribution in [0.2, 0.25) is 0 Å². The third kappa shape index (κ3) is 3.73. The summed E-state index contributed by atoms with van der Waals surface area (Å²) >= 11 is 0. The second-order valence-corrected chi connectivity index (χ2v) is 8.18. The molecular formula is C21H31ClN2O. The second kappa shape index (κ2) is 7.67. The van der Waals surface area contributed by atoms with Gasteiger partial charge in [0.1, 0.15) is 0 Å². The first-order valence-electron chi connectivity index (χ1n) is 9.77. The van der Waals surface area contributed by atoms with Crippen LogP contribution in [0.5, 0.6) is 0 Å². The fourth-order valence-corrected chi connectivity index (χ4v) is 4.97. The maximum Gasteiger partial charge on any atom is 0.226 e. The largest absolute Gasteiger partial charge is 0.335 e. The summed E-state index contributed by atoms with van der Waals surface area (Å²) in [7, 11) is 0. The minimum absolute atomic E-state index is 0. The minimum Gasteiger partial charge on any atom is -0.335 e. The molecule has 1 aliphatic carbocycles. The van der Waals surface area contributed by atoms with Crippen LogP contribution >= 0.6 is 12.4 Å². The van der Waals surface area contributed by atoms with Crippen molar-refractivity contribution >= 4 is 18.3 Å². The maximum absolute atomic E-state index is 13.4. The third-order valence-electron chi connectivity index (χ3n) is 6.55. The Morgan fingerprint density at radius 1 is 1.20 bits per heavy atom. The van der Waals surface area contributed by atoms with Crippen LogP contribution in [-0.2, 0) is 4.79 Å². The summed E-state index contributed by atoms with van der Waals surface area (Å²) in [6, 6.07) is 9.08. The Morgan fingerprint density at radius 2 is 2.00 bits per heavy atom. The molecule has 4 rings (SSSR count). The van der Waals surface area contributed by atoms with Crippen molar-refractivity contribution in [3.63, 3.8) is 0 Å². The number of amides is 1.